The average molecular weight is 366 g/mol. The van der Waals surface area contributed by atoms with Crippen molar-refractivity contribution in [1.29, 1.82) is 0 Å². The van der Waals surface area contributed by atoms with Gasteiger partial charge in [0, 0.05) is 24.1 Å². The Morgan fingerprint density at radius 2 is 2.24 bits per heavy atom. The zero-order valence-corrected chi connectivity index (χ0v) is 14.2. The fraction of sp³-hybridized carbons (Fsp3) is 0.353. The number of rotatable bonds is 8. The highest BCUT2D eigenvalue weighted by atomic mass is 35.5. The summed E-state index contributed by atoms with van der Waals surface area (Å²) >= 11 is 5.58. The Morgan fingerprint density at radius 1 is 1.44 bits per heavy atom. The van der Waals surface area contributed by atoms with E-state index in [4.69, 9.17) is 20.8 Å². The predicted octanol–water partition coefficient (Wildman–Crippen LogP) is 3.34. The second-order valence-electron chi connectivity index (χ2n) is 5.79. The van der Waals surface area contributed by atoms with Crippen molar-refractivity contribution in [2.45, 2.75) is 25.2 Å². The summed E-state index contributed by atoms with van der Waals surface area (Å²) in [6, 6.07) is 3.99. The van der Waals surface area contributed by atoms with Gasteiger partial charge in [-0.3, -0.25) is 4.79 Å². The van der Waals surface area contributed by atoms with Gasteiger partial charge >= 0.3 is 0 Å². The average Bonchev–Trinajstić information content (AvgIpc) is 3.32. The molecule has 1 N–H and O–H groups in total. The Kier molecular flexibility index (Phi) is 5.33. The molecule has 0 radical (unpaired) electrons. The summed E-state index contributed by atoms with van der Waals surface area (Å²) in [5, 5.41) is 10.6. The molecule has 6 nitrogen and oxygen atoms in total. The fourth-order valence-electron chi connectivity index (χ4n) is 2.10. The van der Waals surface area contributed by atoms with Crippen LogP contribution in [0.15, 0.2) is 29.2 Å². The first-order chi connectivity index (χ1) is 12.0. The second-order valence-corrected chi connectivity index (χ2v) is 6.20. The van der Waals surface area contributed by atoms with Gasteiger partial charge in [0.2, 0.25) is 11.8 Å². The molecule has 1 amide bonds. The van der Waals surface area contributed by atoms with Gasteiger partial charge in [-0.25, -0.2) is 4.39 Å². The molecule has 8 heteroatoms. The maximum atomic E-state index is 13.3. The van der Waals surface area contributed by atoms with Crippen LogP contribution in [0.2, 0.25) is 5.02 Å². The number of carbonyl (C=O) groups is 1. The number of ether oxygens (including phenoxy) is 1. The highest BCUT2D eigenvalue weighted by Crippen LogP contribution is 2.39. The summed E-state index contributed by atoms with van der Waals surface area (Å²) in [5.41, 5.74) is 0.667. The molecule has 0 bridgehead atoms. The normalized spacial score (nSPS) is 13.5. The van der Waals surface area contributed by atoms with Crippen molar-refractivity contribution in [3.63, 3.8) is 0 Å². The zero-order valence-electron chi connectivity index (χ0n) is 13.4. The molecule has 1 saturated carbocycles. The SMILES string of the molecule is C=C(CCNC(=O)COc1ccc(Cl)c(F)c1)c1nnc(C2CC2)o1. The van der Waals surface area contributed by atoms with Crippen LogP contribution in [0.4, 0.5) is 4.39 Å². The fourth-order valence-corrected chi connectivity index (χ4v) is 2.22. The summed E-state index contributed by atoms with van der Waals surface area (Å²) in [6.07, 6.45) is 2.65. The first kappa shape index (κ1) is 17.4. The van der Waals surface area contributed by atoms with Gasteiger partial charge in [0.1, 0.15) is 11.6 Å². The molecule has 1 fully saturated rings. The van der Waals surface area contributed by atoms with Gasteiger partial charge in [0.05, 0.1) is 5.02 Å². The first-order valence-electron chi connectivity index (χ1n) is 7.89. The Morgan fingerprint density at radius 3 is 2.96 bits per heavy atom. The van der Waals surface area contributed by atoms with Crippen LogP contribution >= 0.6 is 11.6 Å². The van der Waals surface area contributed by atoms with Gasteiger partial charge < -0.3 is 14.5 Å². The lowest BCUT2D eigenvalue weighted by molar-refractivity contribution is -0.123. The van der Waals surface area contributed by atoms with Crippen LogP contribution in [-0.2, 0) is 4.79 Å². The molecule has 3 rings (SSSR count). The number of benzene rings is 1. The molecule has 25 heavy (non-hydrogen) atoms. The van der Waals surface area contributed by atoms with Gasteiger partial charge in [-0.15, -0.1) is 10.2 Å². The number of nitrogens with one attached hydrogen (secondary N) is 1. The van der Waals surface area contributed by atoms with Gasteiger partial charge in [0.25, 0.3) is 5.91 Å². The number of carbonyl (C=O) groups excluding carboxylic acids is 1. The molecule has 1 heterocycles. The van der Waals surface area contributed by atoms with Crippen molar-refractivity contribution >= 4 is 23.1 Å². The van der Waals surface area contributed by atoms with E-state index in [1.807, 2.05) is 0 Å². The van der Waals surface area contributed by atoms with Crippen molar-refractivity contribution in [2.75, 3.05) is 13.2 Å². The molecule has 0 atom stereocenters. The molecule has 0 aliphatic heterocycles. The van der Waals surface area contributed by atoms with Crippen LogP contribution in [0, 0.1) is 5.82 Å². The third kappa shape index (κ3) is 4.79. The molecule has 0 spiro atoms. The van der Waals surface area contributed by atoms with E-state index in [1.165, 1.54) is 12.1 Å². The third-order valence-electron chi connectivity index (χ3n) is 3.68. The number of hydrogen-bond acceptors (Lipinski definition) is 5. The monoisotopic (exact) mass is 365 g/mol. The van der Waals surface area contributed by atoms with E-state index in [1.54, 1.807) is 0 Å². The molecule has 1 aliphatic rings. The lowest BCUT2D eigenvalue weighted by Crippen LogP contribution is -2.29. The van der Waals surface area contributed by atoms with Crippen molar-refractivity contribution < 1.29 is 18.3 Å². The Labute approximate surface area is 149 Å². The van der Waals surface area contributed by atoms with Gasteiger partial charge in [0.15, 0.2) is 6.61 Å². The van der Waals surface area contributed by atoms with E-state index in [0.717, 1.165) is 18.9 Å². The van der Waals surface area contributed by atoms with Crippen molar-refractivity contribution in [3.05, 3.63) is 47.4 Å². The number of halogens is 2. The topological polar surface area (TPSA) is 77.2 Å². The Balaban J connectivity index is 1.38. The van der Waals surface area contributed by atoms with E-state index in [9.17, 15) is 9.18 Å². The Bertz CT molecular complexity index is 789. The standard InChI is InChI=1S/C17H17ClFN3O3/c1-10(16-21-22-17(25-16)11-2-3-11)6-7-20-15(23)9-24-12-4-5-13(18)14(19)8-12/h4-5,8,11H,1-3,6-7,9H2,(H,20,23). The van der Waals surface area contributed by atoms with Crippen LogP contribution in [0.5, 0.6) is 5.75 Å². The molecule has 0 unspecified atom stereocenters. The maximum Gasteiger partial charge on any atom is 0.257 e. The van der Waals surface area contributed by atoms with Crippen molar-refractivity contribution in [1.82, 2.24) is 15.5 Å². The van der Waals surface area contributed by atoms with Crippen LogP contribution in [-0.4, -0.2) is 29.3 Å². The molecular weight excluding hydrogens is 349 g/mol. The van der Waals surface area contributed by atoms with E-state index >= 15 is 0 Å². The summed E-state index contributed by atoms with van der Waals surface area (Å²) in [7, 11) is 0. The van der Waals surface area contributed by atoms with E-state index < -0.39 is 5.82 Å². The third-order valence-corrected chi connectivity index (χ3v) is 3.99. The van der Waals surface area contributed by atoms with Crippen LogP contribution < -0.4 is 10.1 Å². The minimum absolute atomic E-state index is 0.00109. The smallest absolute Gasteiger partial charge is 0.257 e. The largest absolute Gasteiger partial charge is 0.484 e. The van der Waals surface area contributed by atoms with Gasteiger partial charge in [-0.05, 0) is 31.4 Å². The molecule has 132 valence electrons. The summed E-state index contributed by atoms with van der Waals surface area (Å²) in [4.78, 5) is 11.8. The molecule has 0 saturated heterocycles. The van der Waals surface area contributed by atoms with E-state index in [2.05, 4.69) is 22.1 Å². The zero-order chi connectivity index (χ0) is 17.8. The lowest BCUT2D eigenvalue weighted by atomic mass is 10.2. The molecule has 1 aromatic heterocycles. The summed E-state index contributed by atoms with van der Waals surface area (Å²) < 4.78 is 24.0. The highest BCUT2D eigenvalue weighted by molar-refractivity contribution is 6.30. The molecular formula is C17H17ClFN3O3. The number of aromatic nitrogens is 2. The summed E-state index contributed by atoms with van der Waals surface area (Å²) in [5.74, 6) is 0.768. The maximum absolute atomic E-state index is 13.3. The lowest BCUT2D eigenvalue weighted by Gasteiger charge is -2.08. The van der Waals surface area contributed by atoms with Gasteiger partial charge in [-0.1, -0.05) is 18.2 Å². The van der Waals surface area contributed by atoms with Crippen molar-refractivity contribution in [2.24, 2.45) is 0 Å². The predicted molar refractivity (Wildman–Crippen MR) is 89.8 cm³/mol. The van der Waals surface area contributed by atoms with Crippen LogP contribution in [0.3, 0.4) is 0 Å². The molecule has 2 aromatic rings. The van der Waals surface area contributed by atoms with Crippen molar-refractivity contribution in [3.8, 4) is 5.75 Å². The minimum Gasteiger partial charge on any atom is -0.484 e. The second kappa shape index (κ2) is 7.65. The Hall–Kier alpha value is -2.41. The quantitative estimate of drug-likeness (QED) is 0.776. The number of nitrogens with zero attached hydrogens (tertiary/aromatic N) is 2. The number of amides is 1. The molecule has 1 aliphatic carbocycles. The van der Waals surface area contributed by atoms with E-state index in [-0.39, 0.29) is 23.3 Å². The highest BCUT2D eigenvalue weighted by Gasteiger charge is 2.29. The van der Waals surface area contributed by atoms with Gasteiger partial charge in [-0.2, -0.15) is 0 Å². The summed E-state index contributed by atoms with van der Waals surface area (Å²) in [6.45, 7) is 4.03. The van der Waals surface area contributed by atoms with E-state index in [0.29, 0.717) is 36.2 Å². The first-order valence-corrected chi connectivity index (χ1v) is 8.27. The molecule has 1 aromatic carbocycles. The minimum atomic E-state index is -0.596. The van der Waals surface area contributed by atoms with Crippen LogP contribution in [0.1, 0.15) is 37.0 Å². The van der Waals surface area contributed by atoms with Crippen LogP contribution in [0.25, 0.3) is 5.57 Å². The number of hydrogen-bond donors (Lipinski definition) is 1.